The van der Waals surface area contributed by atoms with Crippen LogP contribution in [0, 0.1) is 13.8 Å². The van der Waals surface area contributed by atoms with Gasteiger partial charge in [-0.2, -0.15) is 0 Å². The van der Waals surface area contributed by atoms with Crippen molar-refractivity contribution in [3.63, 3.8) is 0 Å². The van der Waals surface area contributed by atoms with Gasteiger partial charge in [0, 0.05) is 63.7 Å². The zero-order chi connectivity index (χ0) is 32.8. The first-order chi connectivity index (χ1) is 21.0. The maximum atomic E-state index is 6.16. The number of anilines is 2. The quantitative estimate of drug-likeness (QED) is 0.494. The molecule has 2 aromatic carbocycles. The third-order valence-corrected chi connectivity index (χ3v) is 10.8. The summed E-state index contributed by atoms with van der Waals surface area (Å²) in [6.45, 7) is 29.8. The summed E-state index contributed by atoms with van der Waals surface area (Å²) in [5.74, 6) is 0. The van der Waals surface area contributed by atoms with Crippen molar-refractivity contribution in [2.75, 3.05) is 69.2 Å². The molecule has 254 valence electrons. The number of benzene rings is 2. The van der Waals surface area contributed by atoms with Crippen LogP contribution in [-0.4, -0.2) is 101 Å². The largest absolute Gasteiger partial charge is 0.494 e. The summed E-state index contributed by atoms with van der Waals surface area (Å²) < 4.78 is 24.6. The highest BCUT2D eigenvalue weighted by Crippen LogP contribution is 2.38. The number of aryl methyl sites for hydroxylation is 2. The van der Waals surface area contributed by atoms with Crippen LogP contribution in [0.15, 0.2) is 36.4 Å². The molecule has 1 N–H and O–H groups in total. The number of nitrogens with one attached hydrogen (secondary N) is 1. The van der Waals surface area contributed by atoms with Crippen LogP contribution in [-0.2, 0) is 18.6 Å². The van der Waals surface area contributed by atoms with Gasteiger partial charge in [0.1, 0.15) is 0 Å². The molecule has 4 aliphatic rings. The fraction of sp³-hybridized carbons (Fsp3) is 0.657. The summed E-state index contributed by atoms with van der Waals surface area (Å²) in [6.07, 6.45) is 0. The molecule has 0 radical (unpaired) electrons. The van der Waals surface area contributed by atoms with Crippen LogP contribution in [0.3, 0.4) is 0 Å². The minimum atomic E-state index is -0.290. The monoisotopic (exact) mass is 654 g/mol. The van der Waals surface area contributed by atoms with E-state index in [2.05, 4.69) is 133 Å². The molecule has 46 heavy (non-hydrogen) atoms. The lowest BCUT2D eigenvalue weighted by atomic mass is 9.78. The van der Waals surface area contributed by atoms with Gasteiger partial charge in [0.25, 0.3) is 0 Å². The lowest BCUT2D eigenvalue weighted by Crippen LogP contribution is -2.45. The smallest absolute Gasteiger partial charge is 0.399 e. The van der Waals surface area contributed by atoms with Gasteiger partial charge >= 0.3 is 14.2 Å². The molecule has 4 aliphatic heterocycles. The number of halogens is 1. The number of piperazine rings is 2. The number of rotatable bonds is 4. The average molecular weight is 655 g/mol. The molecule has 0 aliphatic carbocycles. The Morgan fingerprint density at radius 2 is 0.913 bits per heavy atom. The van der Waals surface area contributed by atoms with E-state index in [1.165, 1.54) is 22.5 Å². The van der Waals surface area contributed by atoms with Crippen molar-refractivity contribution >= 4 is 48.9 Å². The molecule has 0 saturated carbocycles. The zero-order valence-electron chi connectivity index (χ0n) is 30.2. The minimum Gasteiger partial charge on any atom is -0.399 e. The van der Waals surface area contributed by atoms with E-state index in [1.54, 1.807) is 0 Å². The van der Waals surface area contributed by atoms with E-state index in [9.17, 15) is 0 Å². The van der Waals surface area contributed by atoms with Gasteiger partial charge in [-0.25, -0.2) is 0 Å². The molecule has 8 nitrogen and oxygen atoms in total. The number of hydrogen-bond donors (Lipinski definition) is 1. The van der Waals surface area contributed by atoms with Gasteiger partial charge in [0.15, 0.2) is 0 Å². The van der Waals surface area contributed by atoms with Crippen molar-refractivity contribution in [3.05, 3.63) is 47.5 Å². The normalized spacial score (nSPS) is 23.5. The molecule has 0 amide bonds. The van der Waals surface area contributed by atoms with E-state index in [0.717, 1.165) is 63.3 Å². The Morgan fingerprint density at radius 1 is 0.565 bits per heavy atom. The van der Waals surface area contributed by atoms with Crippen LogP contribution < -0.4 is 26.0 Å². The maximum absolute atomic E-state index is 6.16. The number of nitrogens with zero attached hydrogens (tertiary/aromatic N) is 3. The van der Waals surface area contributed by atoms with Gasteiger partial charge in [-0.3, -0.25) is 0 Å². The Labute approximate surface area is 285 Å². The second-order valence-electron chi connectivity index (χ2n) is 15.3. The number of likely N-dealkylation sites (N-methyl/N-ethyl adjacent to an activating group) is 1. The van der Waals surface area contributed by atoms with Gasteiger partial charge in [-0.15, -0.1) is 12.4 Å². The van der Waals surface area contributed by atoms with Crippen molar-refractivity contribution in [1.82, 2.24) is 10.2 Å². The van der Waals surface area contributed by atoms with Gasteiger partial charge in [-0.1, -0.05) is 24.3 Å². The van der Waals surface area contributed by atoms with Gasteiger partial charge in [0.05, 0.1) is 22.4 Å². The number of hydrogen-bond acceptors (Lipinski definition) is 8. The highest BCUT2D eigenvalue weighted by atomic mass is 35.5. The topological polar surface area (TPSA) is 58.7 Å². The first kappa shape index (κ1) is 37.0. The Morgan fingerprint density at radius 3 is 1.26 bits per heavy atom. The molecule has 0 unspecified atom stereocenters. The second kappa shape index (κ2) is 14.0. The maximum Gasteiger partial charge on any atom is 0.494 e. The van der Waals surface area contributed by atoms with Crippen LogP contribution in [0.1, 0.15) is 66.5 Å². The lowest BCUT2D eigenvalue weighted by Gasteiger charge is -2.35. The van der Waals surface area contributed by atoms with E-state index in [4.69, 9.17) is 18.6 Å². The minimum absolute atomic E-state index is 0. The molecule has 4 saturated heterocycles. The highest BCUT2D eigenvalue weighted by Gasteiger charge is 2.52. The fourth-order valence-corrected chi connectivity index (χ4v) is 6.27. The van der Waals surface area contributed by atoms with E-state index in [-0.39, 0.29) is 49.0 Å². The first-order valence-electron chi connectivity index (χ1n) is 16.8. The molecule has 6 rings (SSSR count). The molecule has 11 heteroatoms. The standard InChI is InChI=1S/C18H29BN2O2.C17H27BN2O2.ClH/c1-14-13-15(19-22-17(2,3)18(4,5)23-19)7-8-16(14)21-11-9-20(6)10-12-21;1-13-12-14(18-21-16(2,3)17(4,5)22-18)6-7-15(13)20-10-8-19-9-11-20;/h7-8,13H,9-12H2,1-6H3;6-7,12,19H,8-11H2,1-5H3;1H. The fourth-order valence-electron chi connectivity index (χ4n) is 6.27. The van der Waals surface area contributed by atoms with Crippen molar-refractivity contribution < 1.29 is 18.6 Å². The summed E-state index contributed by atoms with van der Waals surface area (Å²) in [6, 6.07) is 13.2. The predicted octanol–water partition coefficient (Wildman–Crippen LogP) is 4.17. The molecule has 0 atom stereocenters. The molecule has 4 fully saturated rings. The molecular weight excluding hydrogens is 597 g/mol. The Bertz CT molecular complexity index is 1310. The molecule has 4 heterocycles. The SMILES string of the molecule is Cc1cc(B2OC(C)(C)C(C)(C)O2)ccc1N1CCN(C)CC1.Cc1cc(B2OC(C)(C)C(C)(C)O2)ccc1N1CCNCC1.Cl. The zero-order valence-corrected chi connectivity index (χ0v) is 31.0. The summed E-state index contributed by atoms with van der Waals surface area (Å²) >= 11 is 0. The Kier molecular flexibility index (Phi) is 11.3. The summed E-state index contributed by atoms with van der Waals surface area (Å²) in [4.78, 5) is 7.30. The molecule has 2 aromatic rings. The molecule has 0 aromatic heterocycles. The first-order valence-corrected chi connectivity index (χ1v) is 16.8. The van der Waals surface area contributed by atoms with Crippen molar-refractivity contribution in [2.24, 2.45) is 0 Å². The summed E-state index contributed by atoms with van der Waals surface area (Å²) in [7, 11) is 1.63. The van der Waals surface area contributed by atoms with Crippen LogP contribution in [0.25, 0.3) is 0 Å². The van der Waals surface area contributed by atoms with E-state index in [1.807, 2.05) is 0 Å². The van der Waals surface area contributed by atoms with Gasteiger partial charge < -0.3 is 38.6 Å². The van der Waals surface area contributed by atoms with E-state index < -0.39 is 0 Å². The summed E-state index contributed by atoms with van der Waals surface area (Å²) in [5.41, 5.74) is 6.29. The highest BCUT2D eigenvalue weighted by molar-refractivity contribution is 6.62. The van der Waals surface area contributed by atoms with Crippen LogP contribution in [0.4, 0.5) is 11.4 Å². The van der Waals surface area contributed by atoms with Crippen LogP contribution in [0.2, 0.25) is 0 Å². The van der Waals surface area contributed by atoms with Crippen molar-refractivity contribution in [1.29, 1.82) is 0 Å². The van der Waals surface area contributed by atoms with Crippen molar-refractivity contribution in [2.45, 2.75) is 91.6 Å². The van der Waals surface area contributed by atoms with E-state index >= 15 is 0 Å². The van der Waals surface area contributed by atoms with Gasteiger partial charge in [0.2, 0.25) is 0 Å². The lowest BCUT2D eigenvalue weighted by molar-refractivity contribution is 0.00578. The van der Waals surface area contributed by atoms with Gasteiger partial charge in [-0.05, 0) is 110 Å². The van der Waals surface area contributed by atoms with E-state index in [0.29, 0.717) is 0 Å². The Balaban J connectivity index is 0.000000205. The van der Waals surface area contributed by atoms with Crippen LogP contribution in [0.5, 0.6) is 0 Å². The molecule has 0 bridgehead atoms. The van der Waals surface area contributed by atoms with Crippen molar-refractivity contribution in [3.8, 4) is 0 Å². The third kappa shape index (κ3) is 7.75. The second-order valence-corrected chi connectivity index (χ2v) is 15.3. The van der Waals surface area contributed by atoms with Crippen LogP contribution >= 0.6 is 12.4 Å². The average Bonchev–Trinajstić information content (AvgIpc) is 3.33. The predicted molar refractivity (Wildman–Crippen MR) is 196 cm³/mol. The molecular formula is C35H57B2ClN4O4. The molecule has 0 spiro atoms. The third-order valence-electron chi connectivity index (χ3n) is 10.8. The Hall–Kier alpha value is -1.78. The summed E-state index contributed by atoms with van der Waals surface area (Å²) in [5, 5.41) is 3.40.